The summed E-state index contributed by atoms with van der Waals surface area (Å²) in [4.78, 5) is 26.9. The minimum Gasteiger partial charge on any atom is -0.465 e. The molecule has 1 heterocycles. The predicted octanol–water partition coefficient (Wildman–Crippen LogP) is 4.00. The zero-order chi connectivity index (χ0) is 21.0. The molecular weight excluding hydrogens is 426 g/mol. The Morgan fingerprint density at radius 1 is 1.11 bits per heavy atom. The van der Waals surface area contributed by atoms with Crippen LogP contribution in [0.25, 0.3) is 0 Å². The van der Waals surface area contributed by atoms with Crippen LogP contribution in [0.5, 0.6) is 0 Å². The van der Waals surface area contributed by atoms with Crippen molar-refractivity contribution in [3.63, 3.8) is 0 Å². The SMILES string of the molecule is CCOC(=O)c1c(C(F)(F)F)nc(C(F)(F)Cl)c(C(=O)OC)c1NCCCl. The first-order valence-electron chi connectivity index (χ1n) is 7.17. The topological polar surface area (TPSA) is 77.5 Å². The van der Waals surface area contributed by atoms with Gasteiger partial charge in [0.2, 0.25) is 0 Å². The monoisotopic (exact) mass is 438 g/mol. The summed E-state index contributed by atoms with van der Waals surface area (Å²) in [5.74, 6) is -3.22. The molecule has 1 aromatic rings. The summed E-state index contributed by atoms with van der Waals surface area (Å²) in [6.07, 6.45) is -5.34. The normalized spacial score (nSPS) is 11.9. The van der Waals surface area contributed by atoms with Crippen LogP contribution < -0.4 is 5.32 Å². The Kier molecular flexibility index (Phi) is 7.61. The number of nitrogens with zero attached hydrogens (tertiary/aromatic N) is 1. The van der Waals surface area contributed by atoms with Crippen LogP contribution in [0.15, 0.2) is 0 Å². The average Bonchev–Trinajstić information content (AvgIpc) is 2.56. The molecule has 13 heteroatoms. The summed E-state index contributed by atoms with van der Waals surface area (Å²) in [7, 11) is 0.797. The largest absolute Gasteiger partial charge is 0.465 e. The van der Waals surface area contributed by atoms with E-state index in [0.29, 0.717) is 0 Å². The third kappa shape index (κ3) is 5.32. The fraction of sp³-hybridized carbons (Fsp3) is 0.500. The Morgan fingerprint density at radius 3 is 2.07 bits per heavy atom. The highest BCUT2D eigenvalue weighted by molar-refractivity contribution is 6.22. The number of alkyl halides is 7. The van der Waals surface area contributed by atoms with Gasteiger partial charge in [-0.3, -0.25) is 0 Å². The van der Waals surface area contributed by atoms with Crippen LogP contribution in [-0.2, 0) is 21.0 Å². The Labute approximate surface area is 159 Å². The molecule has 0 amide bonds. The van der Waals surface area contributed by atoms with E-state index in [1.165, 1.54) is 6.92 Å². The van der Waals surface area contributed by atoms with E-state index in [-0.39, 0.29) is 19.0 Å². The summed E-state index contributed by atoms with van der Waals surface area (Å²) in [6, 6.07) is 0. The lowest BCUT2D eigenvalue weighted by Crippen LogP contribution is -2.27. The molecule has 0 aliphatic carbocycles. The Hall–Kier alpha value is -1.88. The van der Waals surface area contributed by atoms with Crippen molar-refractivity contribution in [1.82, 2.24) is 4.98 Å². The molecular formula is C14H13Cl2F5N2O4. The number of anilines is 1. The van der Waals surface area contributed by atoms with Crippen molar-refractivity contribution in [2.45, 2.75) is 18.5 Å². The molecule has 0 aliphatic heterocycles. The number of rotatable bonds is 7. The number of hydrogen-bond acceptors (Lipinski definition) is 6. The molecule has 0 fully saturated rings. The maximum absolute atomic E-state index is 13.7. The Morgan fingerprint density at radius 2 is 1.67 bits per heavy atom. The fourth-order valence-electron chi connectivity index (χ4n) is 2.05. The van der Waals surface area contributed by atoms with Crippen molar-refractivity contribution in [3.05, 3.63) is 22.5 Å². The van der Waals surface area contributed by atoms with Gasteiger partial charge in [0.05, 0.1) is 19.4 Å². The molecule has 0 aliphatic rings. The van der Waals surface area contributed by atoms with Gasteiger partial charge in [0, 0.05) is 12.4 Å². The second kappa shape index (κ2) is 8.87. The highest BCUT2D eigenvalue weighted by Gasteiger charge is 2.46. The minimum atomic E-state index is -5.34. The van der Waals surface area contributed by atoms with Crippen molar-refractivity contribution < 1.29 is 41.0 Å². The summed E-state index contributed by atoms with van der Waals surface area (Å²) in [5.41, 5.74) is -7.05. The van der Waals surface area contributed by atoms with E-state index < -0.39 is 51.7 Å². The van der Waals surface area contributed by atoms with Crippen molar-refractivity contribution in [2.24, 2.45) is 0 Å². The number of methoxy groups -OCH3 is 1. The molecule has 6 nitrogen and oxygen atoms in total. The van der Waals surface area contributed by atoms with Crippen molar-refractivity contribution >= 4 is 40.8 Å². The molecule has 0 radical (unpaired) electrons. The van der Waals surface area contributed by atoms with Gasteiger partial charge in [-0.15, -0.1) is 11.6 Å². The molecule has 0 aromatic carbocycles. The van der Waals surface area contributed by atoms with Crippen LogP contribution in [0.2, 0.25) is 0 Å². The van der Waals surface area contributed by atoms with E-state index in [2.05, 4.69) is 19.8 Å². The highest BCUT2D eigenvalue weighted by Crippen LogP contribution is 2.42. The van der Waals surface area contributed by atoms with Crippen LogP contribution >= 0.6 is 23.2 Å². The van der Waals surface area contributed by atoms with Gasteiger partial charge in [-0.2, -0.15) is 22.0 Å². The molecule has 0 spiro atoms. The standard InChI is InChI=1S/C14H13Cl2F5N2O4/c1-3-27-12(25)7-8(22-5-4-15)6(11(24)26-2)9(13(16,17)18)23-10(7)14(19,20)21/h3-5H2,1-2H3,(H,22,23). The second-order valence-corrected chi connectivity index (χ2v) is 5.61. The quantitative estimate of drug-likeness (QED) is 0.393. The lowest BCUT2D eigenvalue weighted by atomic mass is 10.0. The van der Waals surface area contributed by atoms with E-state index in [0.717, 1.165) is 7.11 Å². The summed E-state index contributed by atoms with van der Waals surface area (Å²) >= 11 is 10.3. The predicted molar refractivity (Wildman–Crippen MR) is 85.5 cm³/mol. The number of ether oxygens (including phenoxy) is 2. The van der Waals surface area contributed by atoms with Crippen molar-refractivity contribution in [1.29, 1.82) is 0 Å². The summed E-state index contributed by atoms with van der Waals surface area (Å²) in [6.45, 7) is 0.700. The number of esters is 2. The second-order valence-electron chi connectivity index (χ2n) is 4.76. The van der Waals surface area contributed by atoms with Gasteiger partial charge in [0.15, 0.2) is 5.69 Å². The van der Waals surface area contributed by atoms with E-state index in [1.807, 2.05) is 0 Å². The number of halogens is 7. The smallest absolute Gasteiger partial charge is 0.434 e. The lowest BCUT2D eigenvalue weighted by molar-refractivity contribution is -0.142. The lowest BCUT2D eigenvalue weighted by Gasteiger charge is -2.22. The van der Waals surface area contributed by atoms with Gasteiger partial charge in [-0.05, 0) is 18.5 Å². The minimum absolute atomic E-state index is 0.195. The van der Waals surface area contributed by atoms with Crippen LogP contribution in [0.3, 0.4) is 0 Å². The number of hydrogen-bond donors (Lipinski definition) is 1. The van der Waals surface area contributed by atoms with Gasteiger partial charge in [0.25, 0.3) is 0 Å². The number of aromatic nitrogens is 1. The van der Waals surface area contributed by atoms with Crippen molar-refractivity contribution in [3.8, 4) is 0 Å². The molecule has 0 bridgehead atoms. The first-order valence-corrected chi connectivity index (χ1v) is 8.08. The third-order valence-electron chi connectivity index (χ3n) is 3.00. The number of carbonyl (C=O) groups excluding carboxylic acids is 2. The van der Waals surface area contributed by atoms with Crippen LogP contribution in [-0.4, -0.2) is 43.1 Å². The molecule has 27 heavy (non-hydrogen) atoms. The molecule has 0 saturated heterocycles. The molecule has 0 atom stereocenters. The van der Waals surface area contributed by atoms with Gasteiger partial charge in [0.1, 0.15) is 16.8 Å². The van der Waals surface area contributed by atoms with Crippen molar-refractivity contribution in [2.75, 3.05) is 31.5 Å². The zero-order valence-electron chi connectivity index (χ0n) is 13.8. The van der Waals surface area contributed by atoms with E-state index in [1.54, 1.807) is 0 Å². The highest BCUT2D eigenvalue weighted by atomic mass is 35.5. The maximum Gasteiger partial charge on any atom is 0.434 e. The van der Waals surface area contributed by atoms with Crippen LogP contribution in [0, 0.1) is 0 Å². The maximum atomic E-state index is 13.7. The zero-order valence-corrected chi connectivity index (χ0v) is 15.4. The molecule has 1 aromatic heterocycles. The average molecular weight is 439 g/mol. The number of carbonyl (C=O) groups is 2. The molecule has 1 rings (SSSR count). The third-order valence-corrected chi connectivity index (χ3v) is 3.37. The van der Waals surface area contributed by atoms with Gasteiger partial charge in [-0.25, -0.2) is 14.6 Å². The molecule has 0 unspecified atom stereocenters. The van der Waals surface area contributed by atoms with E-state index in [9.17, 15) is 31.5 Å². The number of nitrogens with one attached hydrogen (secondary N) is 1. The molecule has 1 N–H and O–H groups in total. The Balaban J connectivity index is 4.07. The fourth-order valence-corrected chi connectivity index (χ4v) is 2.28. The van der Waals surface area contributed by atoms with E-state index in [4.69, 9.17) is 23.2 Å². The van der Waals surface area contributed by atoms with Gasteiger partial charge >= 0.3 is 23.5 Å². The van der Waals surface area contributed by atoms with Gasteiger partial charge in [-0.1, -0.05) is 0 Å². The number of pyridine rings is 1. The first kappa shape index (κ1) is 23.2. The van der Waals surface area contributed by atoms with Crippen LogP contribution in [0.1, 0.15) is 39.0 Å². The Bertz CT molecular complexity index is 723. The molecule has 152 valence electrons. The van der Waals surface area contributed by atoms with Gasteiger partial charge < -0.3 is 14.8 Å². The summed E-state index contributed by atoms with van der Waals surface area (Å²) < 4.78 is 76.5. The summed E-state index contributed by atoms with van der Waals surface area (Å²) in [5, 5.41) is -2.23. The van der Waals surface area contributed by atoms with E-state index >= 15 is 0 Å². The first-order chi connectivity index (χ1) is 12.4. The molecule has 0 saturated carbocycles. The van der Waals surface area contributed by atoms with Crippen LogP contribution in [0.4, 0.5) is 27.6 Å².